The lowest BCUT2D eigenvalue weighted by Gasteiger charge is -2.01. The van der Waals surface area contributed by atoms with Crippen molar-refractivity contribution in [3.8, 4) is 0 Å². The van der Waals surface area contributed by atoms with E-state index in [1.165, 1.54) is 12.1 Å². The fraction of sp³-hybridized carbons (Fsp3) is 0.100. The largest absolute Gasteiger partial charge is 0.465 e. The van der Waals surface area contributed by atoms with E-state index in [1.807, 2.05) is 0 Å². The smallest absolute Gasteiger partial charge is 0.410 e. The van der Waals surface area contributed by atoms with Gasteiger partial charge in [-0.15, -0.1) is 0 Å². The molecule has 0 aliphatic carbocycles. The Labute approximate surface area is 86.5 Å². The second kappa shape index (κ2) is 4.90. The van der Waals surface area contributed by atoms with Crippen LogP contribution >= 0.6 is 0 Å². The van der Waals surface area contributed by atoms with E-state index in [4.69, 9.17) is 5.11 Å². The number of allylic oxidation sites excluding steroid dienone is 1. The number of rotatable bonds is 4. The van der Waals surface area contributed by atoms with Crippen LogP contribution in [0.25, 0.3) is 0 Å². The molecular weight excluding hydrogens is 196 g/mol. The number of hydrogen-bond acceptors (Lipinski definition) is 3. The number of amides is 1. The summed E-state index contributed by atoms with van der Waals surface area (Å²) in [6, 6.07) is 4.79. The molecule has 5 nitrogen and oxygen atoms in total. The summed E-state index contributed by atoms with van der Waals surface area (Å²) in [4.78, 5) is 25.3. The van der Waals surface area contributed by atoms with Crippen LogP contribution in [0.3, 0.4) is 0 Å². The van der Waals surface area contributed by atoms with Gasteiger partial charge in [-0.1, -0.05) is 12.6 Å². The average molecular weight is 206 g/mol. The minimum atomic E-state index is -1.19. The molecule has 0 aliphatic heterocycles. The lowest BCUT2D eigenvalue weighted by molar-refractivity contribution is -0.114. The molecule has 5 heteroatoms. The van der Waals surface area contributed by atoms with Gasteiger partial charge in [0.1, 0.15) is 5.82 Å². The van der Waals surface area contributed by atoms with Gasteiger partial charge in [0, 0.05) is 0 Å². The molecule has 0 bridgehead atoms. The molecule has 0 spiro atoms. The average Bonchev–Trinajstić information content (AvgIpc) is 2.17. The van der Waals surface area contributed by atoms with Crippen molar-refractivity contribution in [1.29, 1.82) is 0 Å². The highest BCUT2D eigenvalue weighted by Crippen LogP contribution is 2.05. The van der Waals surface area contributed by atoms with Crippen LogP contribution in [-0.2, 0) is 11.2 Å². The second-order valence-electron chi connectivity index (χ2n) is 2.79. The molecule has 0 fully saturated rings. The SMILES string of the molecule is C=CC(=O)Cc1cccc(NC(=O)O)n1. The first-order chi connectivity index (χ1) is 7.11. The summed E-state index contributed by atoms with van der Waals surface area (Å²) in [6.07, 6.45) is 0.146. The third-order valence-corrected chi connectivity index (χ3v) is 1.62. The van der Waals surface area contributed by atoms with Gasteiger partial charge in [-0.2, -0.15) is 0 Å². The molecule has 0 atom stereocenters. The molecule has 0 unspecified atom stereocenters. The van der Waals surface area contributed by atoms with Crippen molar-refractivity contribution in [2.45, 2.75) is 6.42 Å². The summed E-state index contributed by atoms with van der Waals surface area (Å²) in [7, 11) is 0. The quantitative estimate of drug-likeness (QED) is 0.731. The first-order valence-electron chi connectivity index (χ1n) is 4.23. The molecule has 1 aromatic heterocycles. The van der Waals surface area contributed by atoms with Crippen molar-refractivity contribution in [2.75, 3.05) is 5.32 Å². The molecule has 0 aromatic carbocycles. The molecule has 1 heterocycles. The fourth-order valence-corrected chi connectivity index (χ4v) is 1.01. The van der Waals surface area contributed by atoms with Gasteiger partial charge in [-0.25, -0.2) is 9.78 Å². The molecule has 2 N–H and O–H groups in total. The zero-order valence-corrected chi connectivity index (χ0v) is 7.93. The van der Waals surface area contributed by atoms with Gasteiger partial charge in [0.2, 0.25) is 0 Å². The van der Waals surface area contributed by atoms with Crippen molar-refractivity contribution in [3.05, 3.63) is 36.5 Å². The zero-order chi connectivity index (χ0) is 11.3. The van der Waals surface area contributed by atoms with E-state index in [9.17, 15) is 9.59 Å². The zero-order valence-electron chi connectivity index (χ0n) is 7.93. The maximum absolute atomic E-state index is 11.0. The molecule has 0 radical (unpaired) electrons. The van der Waals surface area contributed by atoms with Crippen molar-refractivity contribution >= 4 is 17.7 Å². The third kappa shape index (κ3) is 3.60. The number of carbonyl (C=O) groups excluding carboxylic acids is 1. The minimum Gasteiger partial charge on any atom is -0.465 e. The van der Waals surface area contributed by atoms with E-state index in [2.05, 4.69) is 16.9 Å². The summed E-state index contributed by atoms with van der Waals surface area (Å²) in [5.74, 6) is 0.0480. The number of anilines is 1. The van der Waals surface area contributed by atoms with Crippen LogP contribution < -0.4 is 5.32 Å². The first kappa shape index (κ1) is 10.9. The van der Waals surface area contributed by atoms with Crippen LogP contribution in [0.4, 0.5) is 10.6 Å². The number of carboxylic acid groups (broad SMARTS) is 1. The van der Waals surface area contributed by atoms with E-state index in [0.717, 1.165) is 0 Å². The number of nitrogens with zero attached hydrogens (tertiary/aromatic N) is 1. The Morgan fingerprint density at radius 1 is 1.53 bits per heavy atom. The molecule has 0 saturated carbocycles. The van der Waals surface area contributed by atoms with Gasteiger partial charge in [0.25, 0.3) is 0 Å². The lowest BCUT2D eigenvalue weighted by Crippen LogP contribution is -2.10. The topological polar surface area (TPSA) is 79.3 Å². The summed E-state index contributed by atoms with van der Waals surface area (Å²) < 4.78 is 0. The Balaban J connectivity index is 2.78. The van der Waals surface area contributed by atoms with E-state index in [0.29, 0.717) is 5.69 Å². The Morgan fingerprint density at radius 3 is 2.87 bits per heavy atom. The van der Waals surface area contributed by atoms with Crippen LogP contribution in [0.5, 0.6) is 0 Å². The van der Waals surface area contributed by atoms with E-state index in [1.54, 1.807) is 12.1 Å². The fourth-order valence-electron chi connectivity index (χ4n) is 1.01. The first-order valence-corrected chi connectivity index (χ1v) is 4.23. The highest BCUT2D eigenvalue weighted by Gasteiger charge is 2.03. The predicted molar refractivity (Wildman–Crippen MR) is 54.8 cm³/mol. The molecule has 1 rings (SSSR count). The Bertz CT molecular complexity index is 401. The van der Waals surface area contributed by atoms with E-state index in [-0.39, 0.29) is 18.0 Å². The molecule has 78 valence electrons. The molecule has 1 aromatic rings. The van der Waals surface area contributed by atoms with Gasteiger partial charge in [0.15, 0.2) is 5.78 Å². The highest BCUT2D eigenvalue weighted by molar-refractivity contribution is 5.90. The van der Waals surface area contributed by atoms with Crippen LogP contribution in [0, 0.1) is 0 Å². The molecule has 0 aliphatic rings. The highest BCUT2D eigenvalue weighted by atomic mass is 16.4. The number of ketones is 1. The Hall–Kier alpha value is -2.17. The van der Waals surface area contributed by atoms with Crippen molar-refractivity contribution in [3.63, 3.8) is 0 Å². The maximum Gasteiger partial charge on any atom is 0.410 e. The summed E-state index contributed by atoms with van der Waals surface area (Å²) >= 11 is 0. The van der Waals surface area contributed by atoms with Gasteiger partial charge < -0.3 is 5.11 Å². The van der Waals surface area contributed by atoms with Crippen molar-refractivity contribution < 1.29 is 14.7 Å². The van der Waals surface area contributed by atoms with Gasteiger partial charge in [0.05, 0.1) is 12.1 Å². The standard InChI is InChI=1S/C10H10N2O3/c1-2-8(13)6-7-4-3-5-9(11-7)12-10(14)15/h2-5H,1,6H2,(H,11,12)(H,14,15). The van der Waals surface area contributed by atoms with E-state index >= 15 is 0 Å². The van der Waals surface area contributed by atoms with Crippen molar-refractivity contribution in [1.82, 2.24) is 4.98 Å². The number of hydrogen-bond donors (Lipinski definition) is 2. The lowest BCUT2D eigenvalue weighted by atomic mass is 10.2. The van der Waals surface area contributed by atoms with Crippen LogP contribution in [0.1, 0.15) is 5.69 Å². The number of carbonyl (C=O) groups is 2. The maximum atomic E-state index is 11.0. The molecular formula is C10H10N2O3. The van der Waals surface area contributed by atoms with E-state index < -0.39 is 6.09 Å². The number of aromatic nitrogens is 1. The van der Waals surface area contributed by atoms with Crippen LogP contribution in [-0.4, -0.2) is 22.0 Å². The normalized spacial score (nSPS) is 9.33. The molecule has 15 heavy (non-hydrogen) atoms. The Kier molecular flexibility index (Phi) is 3.56. The number of pyridine rings is 1. The monoisotopic (exact) mass is 206 g/mol. The van der Waals surface area contributed by atoms with Gasteiger partial charge in [-0.3, -0.25) is 10.1 Å². The molecule has 0 saturated heterocycles. The Morgan fingerprint density at radius 2 is 2.27 bits per heavy atom. The van der Waals surface area contributed by atoms with Gasteiger partial charge in [-0.05, 0) is 18.2 Å². The van der Waals surface area contributed by atoms with Crippen LogP contribution in [0.15, 0.2) is 30.9 Å². The van der Waals surface area contributed by atoms with Gasteiger partial charge >= 0.3 is 6.09 Å². The summed E-state index contributed by atoms with van der Waals surface area (Å²) in [5.41, 5.74) is 0.506. The predicted octanol–water partition coefficient (Wildman–Crippen LogP) is 1.47. The second-order valence-corrected chi connectivity index (χ2v) is 2.79. The summed E-state index contributed by atoms with van der Waals surface area (Å²) in [6.45, 7) is 3.34. The minimum absolute atomic E-state index is 0.124. The number of nitrogens with one attached hydrogen (secondary N) is 1. The van der Waals surface area contributed by atoms with Crippen LogP contribution in [0.2, 0.25) is 0 Å². The third-order valence-electron chi connectivity index (χ3n) is 1.62. The summed E-state index contributed by atoms with van der Waals surface area (Å²) in [5, 5.41) is 10.6. The van der Waals surface area contributed by atoms with Crippen molar-refractivity contribution in [2.24, 2.45) is 0 Å². The molecule has 1 amide bonds.